The summed E-state index contributed by atoms with van der Waals surface area (Å²) in [5, 5.41) is 7.41. The van der Waals surface area contributed by atoms with E-state index in [9.17, 15) is 27.6 Å². The zero-order valence-electron chi connectivity index (χ0n) is 21.3. The standard InChI is InChI=1S/C27H27F3N6O3/c1-16-4-2-5-19-21(16)26(25(39)36(19)20-6-3-9-35(24(20)38)15-27(28,29)30)7-10-34(11-8-26)23(37)18-12-17-14-32-33-22(17)31-13-18/h2,4-5,12-14,20H,3,6-11,15H2,1H3,(H,31,32,33). The summed E-state index contributed by atoms with van der Waals surface area (Å²) in [7, 11) is 0. The summed E-state index contributed by atoms with van der Waals surface area (Å²) in [5.74, 6) is -1.14. The molecule has 2 aromatic heterocycles. The van der Waals surface area contributed by atoms with Gasteiger partial charge in [-0.15, -0.1) is 0 Å². The largest absolute Gasteiger partial charge is 0.406 e. The fourth-order valence-corrected chi connectivity index (χ4v) is 6.46. The first kappa shape index (κ1) is 25.3. The van der Waals surface area contributed by atoms with E-state index in [0.29, 0.717) is 55.7 Å². The minimum Gasteiger partial charge on any atom is -0.339 e. The number of nitrogens with one attached hydrogen (secondary N) is 1. The van der Waals surface area contributed by atoms with Crippen molar-refractivity contribution >= 4 is 34.4 Å². The van der Waals surface area contributed by atoms with Crippen LogP contribution in [0.2, 0.25) is 0 Å². The number of aromatic nitrogens is 3. The van der Waals surface area contributed by atoms with E-state index >= 15 is 0 Å². The molecule has 5 heterocycles. The number of hydrogen-bond acceptors (Lipinski definition) is 5. The molecule has 1 unspecified atom stereocenters. The third-order valence-electron chi connectivity index (χ3n) is 8.24. The number of pyridine rings is 1. The van der Waals surface area contributed by atoms with Gasteiger partial charge in [0.2, 0.25) is 11.8 Å². The molecule has 39 heavy (non-hydrogen) atoms. The summed E-state index contributed by atoms with van der Waals surface area (Å²) >= 11 is 0. The fraction of sp³-hybridized carbons (Fsp3) is 0.444. The number of rotatable bonds is 3. The van der Waals surface area contributed by atoms with Gasteiger partial charge in [0.25, 0.3) is 5.91 Å². The van der Waals surface area contributed by atoms with Gasteiger partial charge in [-0.1, -0.05) is 12.1 Å². The molecule has 1 spiro atoms. The number of halogens is 3. The van der Waals surface area contributed by atoms with Crippen LogP contribution < -0.4 is 4.90 Å². The molecule has 204 valence electrons. The molecule has 3 amide bonds. The van der Waals surface area contributed by atoms with Gasteiger partial charge in [0.15, 0.2) is 5.65 Å². The van der Waals surface area contributed by atoms with Crippen molar-refractivity contribution in [2.45, 2.75) is 50.2 Å². The van der Waals surface area contributed by atoms with E-state index < -0.39 is 30.1 Å². The lowest BCUT2D eigenvalue weighted by Gasteiger charge is -2.41. The first-order valence-electron chi connectivity index (χ1n) is 13.0. The second-order valence-electron chi connectivity index (χ2n) is 10.6. The number of anilines is 1. The average molecular weight is 541 g/mol. The van der Waals surface area contributed by atoms with E-state index in [4.69, 9.17) is 0 Å². The Kier molecular flexibility index (Phi) is 5.88. The molecule has 3 aromatic rings. The molecule has 0 radical (unpaired) electrons. The third-order valence-corrected chi connectivity index (χ3v) is 8.24. The monoisotopic (exact) mass is 540 g/mol. The predicted molar refractivity (Wildman–Crippen MR) is 135 cm³/mol. The van der Waals surface area contributed by atoms with E-state index in [2.05, 4.69) is 15.2 Å². The topological polar surface area (TPSA) is 102 Å². The van der Waals surface area contributed by atoms with Crippen LogP contribution in [0.25, 0.3) is 11.0 Å². The molecule has 2 fully saturated rings. The number of nitrogens with zero attached hydrogens (tertiary/aromatic N) is 5. The summed E-state index contributed by atoms with van der Waals surface area (Å²) in [6.07, 6.45) is -0.0484. The van der Waals surface area contributed by atoms with Gasteiger partial charge in [-0.05, 0) is 55.9 Å². The van der Waals surface area contributed by atoms with Gasteiger partial charge in [0.05, 0.1) is 17.2 Å². The van der Waals surface area contributed by atoms with Crippen molar-refractivity contribution in [3.8, 4) is 0 Å². The van der Waals surface area contributed by atoms with Crippen LogP contribution >= 0.6 is 0 Å². The van der Waals surface area contributed by atoms with Gasteiger partial charge >= 0.3 is 6.18 Å². The lowest BCUT2D eigenvalue weighted by Crippen LogP contribution is -2.58. The minimum absolute atomic E-state index is 0.0131. The first-order valence-corrected chi connectivity index (χ1v) is 13.0. The molecule has 2 saturated heterocycles. The molecule has 3 aliphatic rings. The number of hydrogen-bond donors (Lipinski definition) is 1. The molecular weight excluding hydrogens is 513 g/mol. The van der Waals surface area contributed by atoms with Gasteiger partial charge in [-0.2, -0.15) is 18.3 Å². The number of piperidine rings is 2. The van der Waals surface area contributed by atoms with Crippen LogP contribution in [0.3, 0.4) is 0 Å². The Morgan fingerprint density at radius 3 is 2.67 bits per heavy atom. The molecule has 1 atom stereocenters. The molecule has 1 N–H and O–H groups in total. The molecule has 1 aromatic carbocycles. The first-order chi connectivity index (χ1) is 18.6. The quantitative estimate of drug-likeness (QED) is 0.549. The number of alkyl halides is 3. The van der Waals surface area contributed by atoms with Gasteiger partial charge in [-0.3, -0.25) is 24.4 Å². The third kappa shape index (κ3) is 4.12. The van der Waals surface area contributed by atoms with Crippen LogP contribution in [-0.2, 0) is 15.0 Å². The molecule has 0 aliphatic carbocycles. The smallest absolute Gasteiger partial charge is 0.339 e. The molecule has 3 aliphatic heterocycles. The van der Waals surface area contributed by atoms with Crippen LogP contribution in [0.5, 0.6) is 0 Å². The Bertz CT molecular complexity index is 1480. The SMILES string of the molecule is Cc1cccc2c1C1(CCN(C(=O)c3cnc4[nH]ncc4c3)CC1)C(=O)N2C1CCCN(CC(F)(F)F)C1=O. The number of benzene rings is 1. The van der Waals surface area contributed by atoms with E-state index in [1.807, 2.05) is 13.0 Å². The van der Waals surface area contributed by atoms with Gasteiger partial charge < -0.3 is 9.80 Å². The highest BCUT2D eigenvalue weighted by Gasteiger charge is 2.56. The van der Waals surface area contributed by atoms with Gasteiger partial charge in [0.1, 0.15) is 12.6 Å². The Labute approximate surface area is 222 Å². The van der Waals surface area contributed by atoms with Crippen molar-refractivity contribution < 1.29 is 27.6 Å². The molecule has 0 saturated carbocycles. The number of aromatic amines is 1. The highest BCUT2D eigenvalue weighted by molar-refractivity contribution is 6.12. The van der Waals surface area contributed by atoms with Crippen molar-refractivity contribution in [1.29, 1.82) is 0 Å². The van der Waals surface area contributed by atoms with Crippen LogP contribution in [0.1, 0.15) is 47.2 Å². The number of carbonyl (C=O) groups excluding carboxylic acids is 3. The Hall–Kier alpha value is -3.96. The second-order valence-corrected chi connectivity index (χ2v) is 10.6. The van der Waals surface area contributed by atoms with Crippen LogP contribution in [0, 0.1) is 6.92 Å². The maximum atomic E-state index is 14.2. The Morgan fingerprint density at radius 2 is 1.92 bits per heavy atom. The van der Waals surface area contributed by atoms with Gasteiger partial charge in [-0.25, -0.2) is 4.98 Å². The maximum Gasteiger partial charge on any atom is 0.406 e. The van der Waals surface area contributed by atoms with Crippen LogP contribution in [0.4, 0.5) is 18.9 Å². The van der Waals surface area contributed by atoms with Crippen molar-refractivity contribution in [1.82, 2.24) is 25.0 Å². The number of likely N-dealkylation sites (tertiary alicyclic amines) is 2. The summed E-state index contributed by atoms with van der Waals surface area (Å²) in [5.41, 5.74) is 2.34. The number of amides is 3. The number of fused-ring (bicyclic) bond motifs is 3. The highest BCUT2D eigenvalue weighted by Crippen LogP contribution is 2.51. The molecule has 6 rings (SSSR count). The highest BCUT2D eigenvalue weighted by atomic mass is 19.4. The van der Waals surface area contributed by atoms with Crippen molar-refractivity contribution in [3.63, 3.8) is 0 Å². The van der Waals surface area contributed by atoms with E-state index in [1.54, 1.807) is 29.3 Å². The molecule has 9 nitrogen and oxygen atoms in total. The average Bonchev–Trinajstić information content (AvgIpc) is 3.46. The van der Waals surface area contributed by atoms with Crippen LogP contribution in [-0.4, -0.2) is 81.1 Å². The zero-order chi connectivity index (χ0) is 27.5. The second kappa shape index (κ2) is 9.06. The maximum absolute atomic E-state index is 14.2. The normalized spacial score (nSPS) is 21.2. The summed E-state index contributed by atoms with van der Waals surface area (Å²) in [6, 6.07) is 6.21. The summed E-state index contributed by atoms with van der Waals surface area (Å²) in [4.78, 5) is 48.9. The van der Waals surface area contributed by atoms with Crippen LogP contribution in [0.15, 0.2) is 36.7 Å². The number of H-pyrrole nitrogens is 1. The minimum atomic E-state index is -4.51. The lowest BCUT2D eigenvalue weighted by molar-refractivity contribution is -0.164. The molecule has 12 heteroatoms. The lowest BCUT2D eigenvalue weighted by atomic mass is 9.72. The van der Waals surface area contributed by atoms with E-state index in [1.165, 1.54) is 11.1 Å². The molecular formula is C27H27F3N6O3. The summed E-state index contributed by atoms with van der Waals surface area (Å²) < 4.78 is 39.4. The number of carbonyl (C=O) groups is 3. The Morgan fingerprint density at radius 1 is 1.15 bits per heavy atom. The summed E-state index contributed by atoms with van der Waals surface area (Å²) in [6.45, 7) is 1.22. The predicted octanol–water partition coefficient (Wildman–Crippen LogP) is 3.34. The molecule has 0 bridgehead atoms. The zero-order valence-corrected chi connectivity index (χ0v) is 21.3. The fourth-order valence-electron chi connectivity index (χ4n) is 6.46. The van der Waals surface area contributed by atoms with Crippen molar-refractivity contribution in [2.75, 3.05) is 31.1 Å². The number of aryl methyl sites for hydroxylation is 1. The Balaban J connectivity index is 1.28. The van der Waals surface area contributed by atoms with Crippen molar-refractivity contribution in [3.05, 3.63) is 53.3 Å². The van der Waals surface area contributed by atoms with E-state index in [0.717, 1.165) is 21.4 Å². The van der Waals surface area contributed by atoms with E-state index in [-0.39, 0.29) is 18.4 Å². The van der Waals surface area contributed by atoms with Crippen molar-refractivity contribution in [2.24, 2.45) is 0 Å². The van der Waals surface area contributed by atoms with Gasteiger partial charge in [0, 0.05) is 36.9 Å².